The van der Waals surface area contributed by atoms with Gasteiger partial charge in [-0.2, -0.15) is 5.10 Å². The number of hydrogen-bond acceptors (Lipinski definition) is 6. The van der Waals surface area contributed by atoms with Crippen LogP contribution < -0.4 is 4.74 Å². The van der Waals surface area contributed by atoms with Gasteiger partial charge in [-0.1, -0.05) is 42.5 Å². The highest BCUT2D eigenvalue weighted by atomic mass is 19.1. The van der Waals surface area contributed by atoms with Crippen molar-refractivity contribution in [3.63, 3.8) is 0 Å². The third-order valence-electron chi connectivity index (χ3n) is 8.01. The van der Waals surface area contributed by atoms with E-state index in [2.05, 4.69) is 30.9 Å². The van der Waals surface area contributed by atoms with Gasteiger partial charge < -0.3 is 14.4 Å². The second-order valence-electron chi connectivity index (χ2n) is 10.7. The van der Waals surface area contributed by atoms with Crippen molar-refractivity contribution in [1.82, 2.24) is 14.8 Å². The Morgan fingerprint density at radius 3 is 2.50 bits per heavy atom. The second-order valence-corrected chi connectivity index (χ2v) is 10.7. The molecule has 2 aliphatic heterocycles. The van der Waals surface area contributed by atoms with E-state index in [-0.39, 0.29) is 24.6 Å². The van der Waals surface area contributed by atoms with E-state index in [1.165, 1.54) is 27.6 Å². The number of benzene rings is 3. The molecular formula is C33H37FN4O4. The molecule has 0 unspecified atom stereocenters. The lowest BCUT2D eigenvalue weighted by molar-refractivity contribution is -0.133. The maximum atomic E-state index is 14.7. The first kappa shape index (κ1) is 29.4. The molecule has 5 rings (SSSR count). The van der Waals surface area contributed by atoms with Crippen molar-refractivity contribution in [2.75, 3.05) is 53.0 Å². The Hall–Kier alpha value is -4.08. The molecule has 3 aromatic rings. The summed E-state index contributed by atoms with van der Waals surface area (Å²) in [6.45, 7) is 7.38. The van der Waals surface area contributed by atoms with Crippen molar-refractivity contribution in [1.29, 1.82) is 0 Å². The van der Waals surface area contributed by atoms with Crippen molar-refractivity contribution in [3.05, 3.63) is 100 Å². The summed E-state index contributed by atoms with van der Waals surface area (Å²) < 4.78 is 25.8. The number of para-hydroxylation sites is 1. The quantitative estimate of drug-likeness (QED) is 0.375. The van der Waals surface area contributed by atoms with Crippen molar-refractivity contribution >= 4 is 17.5 Å². The molecule has 2 amide bonds. The molecule has 0 aliphatic carbocycles. The molecule has 42 heavy (non-hydrogen) atoms. The summed E-state index contributed by atoms with van der Waals surface area (Å²) >= 11 is 0. The molecule has 1 atom stereocenters. The first-order chi connectivity index (χ1) is 20.4. The third-order valence-corrected chi connectivity index (χ3v) is 8.01. The Balaban J connectivity index is 1.46. The first-order valence-electron chi connectivity index (χ1n) is 14.3. The minimum atomic E-state index is -0.616. The normalized spacial score (nSPS) is 17.2. The standard InChI is InChI=1S/C33H37FN4O4/c1-23-12-13-25(20-24(23)2)29-21-30(27-9-5-7-11-31(27)41-3)38(35-29)32(39)22-37(15-14-36-16-18-42-19-17-36)33(40)26-8-4-6-10-28(26)34/h4-13,20,30H,14-19,21-22H2,1-3H3/t30-/m0/s1. The zero-order chi connectivity index (χ0) is 29.6. The van der Waals surface area contributed by atoms with Crippen LogP contribution in [0.1, 0.15) is 45.1 Å². The van der Waals surface area contributed by atoms with Crippen LogP contribution >= 0.6 is 0 Å². The van der Waals surface area contributed by atoms with Gasteiger partial charge in [0.05, 0.1) is 37.6 Å². The molecule has 2 aliphatic rings. The minimum Gasteiger partial charge on any atom is -0.496 e. The average molecular weight is 573 g/mol. The summed E-state index contributed by atoms with van der Waals surface area (Å²) in [7, 11) is 1.60. The van der Waals surface area contributed by atoms with E-state index in [0.717, 1.165) is 35.5 Å². The molecule has 0 spiro atoms. The largest absolute Gasteiger partial charge is 0.496 e. The maximum Gasteiger partial charge on any atom is 0.262 e. The molecule has 3 aromatic carbocycles. The third kappa shape index (κ3) is 6.53. The minimum absolute atomic E-state index is 0.0608. The van der Waals surface area contributed by atoms with E-state index in [0.29, 0.717) is 31.9 Å². The lowest BCUT2D eigenvalue weighted by atomic mass is 9.96. The highest BCUT2D eigenvalue weighted by Crippen LogP contribution is 2.37. The number of amides is 2. The number of morpholine rings is 1. The van der Waals surface area contributed by atoms with E-state index in [1.54, 1.807) is 19.2 Å². The number of hydrazone groups is 1. The molecule has 220 valence electrons. The van der Waals surface area contributed by atoms with Crippen LogP contribution in [0, 0.1) is 19.7 Å². The lowest BCUT2D eigenvalue weighted by Gasteiger charge is -2.31. The summed E-state index contributed by atoms with van der Waals surface area (Å²) in [5.41, 5.74) is 4.81. The first-order valence-corrected chi connectivity index (χ1v) is 14.3. The number of hydrogen-bond donors (Lipinski definition) is 0. The van der Waals surface area contributed by atoms with Gasteiger partial charge in [0.25, 0.3) is 11.8 Å². The molecule has 0 radical (unpaired) electrons. The van der Waals surface area contributed by atoms with Crippen LogP contribution in [0.25, 0.3) is 0 Å². The molecule has 9 heteroatoms. The van der Waals surface area contributed by atoms with E-state index in [4.69, 9.17) is 14.6 Å². The lowest BCUT2D eigenvalue weighted by Crippen LogP contribution is -2.46. The fourth-order valence-electron chi connectivity index (χ4n) is 5.40. The van der Waals surface area contributed by atoms with Crippen molar-refractivity contribution in [2.45, 2.75) is 26.3 Å². The summed E-state index contributed by atoms with van der Waals surface area (Å²) in [5, 5.41) is 6.29. The van der Waals surface area contributed by atoms with Crippen molar-refractivity contribution in [3.8, 4) is 5.75 Å². The highest BCUT2D eigenvalue weighted by molar-refractivity contribution is 6.04. The number of carbonyl (C=O) groups excluding carboxylic acids is 2. The Bertz CT molecular complexity index is 1470. The van der Waals surface area contributed by atoms with Crippen LogP contribution in [0.2, 0.25) is 0 Å². The summed E-state index contributed by atoms with van der Waals surface area (Å²) in [4.78, 5) is 31.3. The van der Waals surface area contributed by atoms with E-state index < -0.39 is 17.8 Å². The van der Waals surface area contributed by atoms with Gasteiger partial charge in [0.2, 0.25) is 0 Å². The van der Waals surface area contributed by atoms with E-state index in [1.807, 2.05) is 30.3 Å². The average Bonchev–Trinajstić information content (AvgIpc) is 3.46. The van der Waals surface area contributed by atoms with Gasteiger partial charge in [-0.15, -0.1) is 0 Å². The number of aryl methyl sites for hydroxylation is 2. The van der Waals surface area contributed by atoms with Gasteiger partial charge in [-0.25, -0.2) is 9.40 Å². The Kier molecular flexibility index (Phi) is 9.29. The van der Waals surface area contributed by atoms with Crippen molar-refractivity contribution in [2.24, 2.45) is 5.10 Å². The zero-order valence-corrected chi connectivity index (χ0v) is 24.4. The number of nitrogens with zero attached hydrogens (tertiary/aromatic N) is 4. The monoisotopic (exact) mass is 572 g/mol. The summed E-state index contributed by atoms with van der Waals surface area (Å²) in [6, 6.07) is 19.2. The molecule has 1 fully saturated rings. The van der Waals surface area contributed by atoms with Crippen LogP contribution in [0.3, 0.4) is 0 Å². The molecule has 0 bridgehead atoms. The zero-order valence-electron chi connectivity index (χ0n) is 24.4. The SMILES string of the molecule is COc1ccccc1[C@@H]1CC(c2ccc(C)c(C)c2)=NN1C(=O)CN(CCN1CCOCC1)C(=O)c1ccccc1F. The van der Waals surface area contributed by atoms with Gasteiger partial charge in [0.15, 0.2) is 0 Å². The van der Waals surface area contributed by atoms with Crippen molar-refractivity contribution < 1.29 is 23.5 Å². The predicted octanol–water partition coefficient (Wildman–Crippen LogP) is 4.60. The molecule has 0 N–H and O–H groups in total. The second kappa shape index (κ2) is 13.3. The topological polar surface area (TPSA) is 74.7 Å². The predicted molar refractivity (Wildman–Crippen MR) is 159 cm³/mol. The summed E-state index contributed by atoms with van der Waals surface area (Å²) in [6.07, 6.45) is 0.490. The number of methoxy groups -OCH3 is 1. The van der Waals surface area contributed by atoms with Crippen LogP contribution in [-0.2, 0) is 9.53 Å². The fourth-order valence-corrected chi connectivity index (χ4v) is 5.40. The van der Waals surface area contributed by atoms with Gasteiger partial charge in [0, 0.05) is 38.2 Å². The van der Waals surface area contributed by atoms with Crippen LogP contribution in [0.4, 0.5) is 4.39 Å². The number of halogens is 1. The summed E-state index contributed by atoms with van der Waals surface area (Å²) in [5.74, 6) is -0.838. The van der Waals surface area contributed by atoms with Gasteiger partial charge in [-0.05, 0) is 54.8 Å². The van der Waals surface area contributed by atoms with E-state index in [9.17, 15) is 14.0 Å². The smallest absolute Gasteiger partial charge is 0.262 e. The molecular weight excluding hydrogens is 535 g/mol. The fraction of sp³-hybridized carbons (Fsp3) is 0.364. The molecule has 0 saturated carbocycles. The van der Waals surface area contributed by atoms with Gasteiger partial charge in [-0.3, -0.25) is 14.5 Å². The van der Waals surface area contributed by atoms with Crippen LogP contribution in [0.5, 0.6) is 5.75 Å². The number of rotatable bonds is 9. The Morgan fingerprint density at radius 1 is 1.02 bits per heavy atom. The Morgan fingerprint density at radius 2 is 1.76 bits per heavy atom. The highest BCUT2D eigenvalue weighted by Gasteiger charge is 2.36. The number of ether oxygens (including phenoxy) is 2. The molecule has 1 saturated heterocycles. The number of carbonyl (C=O) groups is 2. The molecule has 0 aromatic heterocycles. The van der Waals surface area contributed by atoms with Gasteiger partial charge >= 0.3 is 0 Å². The molecule has 2 heterocycles. The van der Waals surface area contributed by atoms with Gasteiger partial charge in [0.1, 0.15) is 18.1 Å². The van der Waals surface area contributed by atoms with Crippen LogP contribution in [0.15, 0.2) is 71.8 Å². The molecule has 8 nitrogen and oxygen atoms in total. The maximum absolute atomic E-state index is 14.7. The van der Waals surface area contributed by atoms with E-state index >= 15 is 0 Å². The Labute approximate surface area is 246 Å². The van der Waals surface area contributed by atoms with Crippen LogP contribution in [-0.4, -0.2) is 85.4 Å².